The molecule has 0 aliphatic rings. The highest BCUT2D eigenvalue weighted by Gasteiger charge is 2.02. The quantitative estimate of drug-likeness (QED) is 0.887. The molecule has 0 unspecified atom stereocenters. The van der Waals surface area contributed by atoms with E-state index in [1.165, 1.54) is 0 Å². The molecule has 94 valence electrons. The molecule has 2 N–H and O–H groups in total. The van der Waals surface area contributed by atoms with Crippen molar-refractivity contribution in [2.75, 3.05) is 11.9 Å². The number of aryl methyl sites for hydroxylation is 1. The van der Waals surface area contributed by atoms with E-state index < -0.39 is 0 Å². The van der Waals surface area contributed by atoms with Crippen molar-refractivity contribution >= 4 is 23.1 Å². The van der Waals surface area contributed by atoms with Crippen molar-refractivity contribution in [1.29, 1.82) is 0 Å². The second-order valence-electron chi connectivity index (χ2n) is 3.72. The number of aromatic nitrogens is 2. The van der Waals surface area contributed by atoms with Crippen LogP contribution in [0.2, 0.25) is 0 Å². The number of carbonyl (C=O) groups is 1. The summed E-state index contributed by atoms with van der Waals surface area (Å²) in [4.78, 5) is 19.8. The molecular formula is C12H14N4OS. The van der Waals surface area contributed by atoms with Crippen molar-refractivity contribution in [2.24, 2.45) is 0 Å². The Kier molecular flexibility index (Phi) is 4.25. The van der Waals surface area contributed by atoms with E-state index in [2.05, 4.69) is 20.6 Å². The molecule has 0 saturated carbocycles. The van der Waals surface area contributed by atoms with Crippen LogP contribution in [0.25, 0.3) is 0 Å². The molecule has 0 saturated heterocycles. The summed E-state index contributed by atoms with van der Waals surface area (Å²) in [5.41, 5.74) is 1.74. The summed E-state index contributed by atoms with van der Waals surface area (Å²) in [6.07, 6.45) is 4.01. The van der Waals surface area contributed by atoms with Gasteiger partial charge in [-0.25, -0.2) is 9.78 Å². The highest BCUT2D eigenvalue weighted by atomic mass is 32.1. The van der Waals surface area contributed by atoms with Gasteiger partial charge in [-0.3, -0.25) is 4.98 Å². The Morgan fingerprint density at radius 1 is 1.39 bits per heavy atom. The van der Waals surface area contributed by atoms with E-state index in [0.29, 0.717) is 6.54 Å². The molecule has 2 heterocycles. The first-order valence-corrected chi connectivity index (χ1v) is 6.48. The molecule has 6 heteroatoms. The van der Waals surface area contributed by atoms with Gasteiger partial charge in [0.25, 0.3) is 0 Å². The third-order valence-corrected chi connectivity index (χ3v) is 3.09. The predicted molar refractivity (Wildman–Crippen MR) is 71.8 cm³/mol. The highest BCUT2D eigenvalue weighted by molar-refractivity contribution is 7.09. The number of pyridine rings is 1. The van der Waals surface area contributed by atoms with Crippen molar-refractivity contribution in [1.82, 2.24) is 15.3 Å². The minimum absolute atomic E-state index is 0.215. The third-order valence-electron chi connectivity index (χ3n) is 2.27. The van der Waals surface area contributed by atoms with Crippen LogP contribution in [0, 0.1) is 6.92 Å². The van der Waals surface area contributed by atoms with E-state index in [4.69, 9.17) is 0 Å². The lowest BCUT2D eigenvalue weighted by atomic mass is 10.3. The van der Waals surface area contributed by atoms with Gasteiger partial charge in [-0.15, -0.1) is 11.3 Å². The van der Waals surface area contributed by atoms with Crippen molar-refractivity contribution in [3.05, 3.63) is 40.6 Å². The van der Waals surface area contributed by atoms with Crippen molar-refractivity contribution < 1.29 is 4.79 Å². The molecule has 0 aromatic carbocycles. The number of hydrogen-bond donors (Lipinski definition) is 2. The fourth-order valence-corrected chi connectivity index (χ4v) is 2.08. The van der Waals surface area contributed by atoms with Gasteiger partial charge >= 0.3 is 6.03 Å². The molecule has 18 heavy (non-hydrogen) atoms. The molecule has 0 aliphatic carbocycles. The Morgan fingerprint density at radius 3 is 2.83 bits per heavy atom. The number of amides is 2. The minimum Gasteiger partial charge on any atom is -0.337 e. The molecule has 0 spiro atoms. The van der Waals surface area contributed by atoms with Gasteiger partial charge in [0.2, 0.25) is 0 Å². The van der Waals surface area contributed by atoms with Crippen LogP contribution in [0.15, 0.2) is 29.9 Å². The maximum Gasteiger partial charge on any atom is 0.319 e. The second kappa shape index (κ2) is 6.11. The molecule has 0 radical (unpaired) electrons. The zero-order valence-corrected chi connectivity index (χ0v) is 10.8. The first-order chi connectivity index (χ1) is 8.74. The Balaban J connectivity index is 1.72. The van der Waals surface area contributed by atoms with E-state index >= 15 is 0 Å². The monoisotopic (exact) mass is 262 g/mol. The van der Waals surface area contributed by atoms with Gasteiger partial charge in [-0.05, 0) is 19.1 Å². The number of rotatable bonds is 4. The molecule has 2 rings (SSSR count). The van der Waals surface area contributed by atoms with Crippen LogP contribution in [0.1, 0.15) is 10.7 Å². The number of nitrogens with zero attached hydrogens (tertiary/aromatic N) is 2. The molecular weight excluding hydrogens is 248 g/mol. The smallest absolute Gasteiger partial charge is 0.319 e. The van der Waals surface area contributed by atoms with E-state index in [1.54, 1.807) is 35.9 Å². The summed E-state index contributed by atoms with van der Waals surface area (Å²) in [5.74, 6) is 0. The highest BCUT2D eigenvalue weighted by Crippen LogP contribution is 2.07. The lowest BCUT2D eigenvalue weighted by Gasteiger charge is -2.06. The van der Waals surface area contributed by atoms with Gasteiger partial charge in [0, 0.05) is 36.4 Å². The van der Waals surface area contributed by atoms with E-state index in [0.717, 1.165) is 22.8 Å². The van der Waals surface area contributed by atoms with E-state index in [-0.39, 0.29) is 6.03 Å². The van der Waals surface area contributed by atoms with Crippen LogP contribution in [-0.2, 0) is 6.42 Å². The van der Waals surface area contributed by atoms with Gasteiger partial charge in [0.1, 0.15) is 0 Å². The summed E-state index contributed by atoms with van der Waals surface area (Å²) in [6, 6.07) is 3.26. The lowest BCUT2D eigenvalue weighted by Crippen LogP contribution is -2.30. The van der Waals surface area contributed by atoms with Crippen molar-refractivity contribution in [3.63, 3.8) is 0 Å². The molecule has 0 bridgehead atoms. The van der Waals surface area contributed by atoms with Crippen molar-refractivity contribution in [3.8, 4) is 0 Å². The average molecular weight is 262 g/mol. The summed E-state index contributed by atoms with van der Waals surface area (Å²) in [6.45, 7) is 2.54. The van der Waals surface area contributed by atoms with Crippen LogP contribution < -0.4 is 10.6 Å². The molecule has 2 aromatic rings. The molecule has 2 amide bonds. The van der Waals surface area contributed by atoms with E-state index in [1.807, 2.05) is 12.3 Å². The van der Waals surface area contributed by atoms with Crippen LogP contribution in [0.5, 0.6) is 0 Å². The zero-order valence-electron chi connectivity index (χ0n) is 10.0. The van der Waals surface area contributed by atoms with Gasteiger partial charge in [-0.1, -0.05) is 0 Å². The standard InChI is InChI=1S/C12H14N4OS/c1-9-15-11(8-18-9)4-7-14-12(17)16-10-2-5-13-6-3-10/h2-3,5-6,8H,4,7H2,1H3,(H2,13,14,16,17). The maximum absolute atomic E-state index is 11.5. The Labute approximate surface area is 109 Å². The summed E-state index contributed by atoms with van der Waals surface area (Å²) >= 11 is 1.62. The van der Waals surface area contributed by atoms with Gasteiger partial charge in [0.05, 0.1) is 10.7 Å². The Morgan fingerprint density at radius 2 is 2.17 bits per heavy atom. The van der Waals surface area contributed by atoms with E-state index in [9.17, 15) is 4.79 Å². The number of anilines is 1. The number of thiazole rings is 1. The molecule has 0 aliphatic heterocycles. The second-order valence-corrected chi connectivity index (χ2v) is 4.79. The number of urea groups is 1. The SMILES string of the molecule is Cc1nc(CCNC(=O)Nc2ccncc2)cs1. The topological polar surface area (TPSA) is 66.9 Å². The predicted octanol–water partition coefficient (Wildman–Crippen LogP) is 2.21. The number of nitrogens with one attached hydrogen (secondary N) is 2. The summed E-state index contributed by atoms with van der Waals surface area (Å²) < 4.78 is 0. The van der Waals surface area contributed by atoms with Gasteiger partial charge in [0.15, 0.2) is 0 Å². The zero-order chi connectivity index (χ0) is 12.8. The third kappa shape index (κ3) is 3.81. The van der Waals surface area contributed by atoms with Crippen molar-refractivity contribution in [2.45, 2.75) is 13.3 Å². The van der Waals surface area contributed by atoms with Gasteiger partial charge < -0.3 is 10.6 Å². The average Bonchev–Trinajstić information content (AvgIpc) is 2.76. The van der Waals surface area contributed by atoms with Crippen LogP contribution in [0.3, 0.4) is 0 Å². The Hall–Kier alpha value is -1.95. The molecule has 0 fully saturated rings. The summed E-state index contributed by atoms with van der Waals surface area (Å²) in [5, 5.41) is 8.57. The first kappa shape index (κ1) is 12.5. The normalized spacial score (nSPS) is 10.1. The molecule has 0 atom stereocenters. The lowest BCUT2D eigenvalue weighted by molar-refractivity contribution is 0.252. The minimum atomic E-state index is -0.215. The Bertz CT molecular complexity index is 512. The van der Waals surface area contributed by atoms with Crippen LogP contribution in [-0.4, -0.2) is 22.5 Å². The van der Waals surface area contributed by atoms with Crippen LogP contribution >= 0.6 is 11.3 Å². The number of carbonyl (C=O) groups excluding carboxylic acids is 1. The largest absolute Gasteiger partial charge is 0.337 e. The number of hydrogen-bond acceptors (Lipinski definition) is 4. The van der Waals surface area contributed by atoms with Gasteiger partial charge in [-0.2, -0.15) is 0 Å². The molecule has 2 aromatic heterocycles. The fraction of sp³-hybridized carbons (Fsp3) is 0.250. The maximum atomic E-state index is 11.5. The fourth-order valence-electron chi connectivity index (χ4n) is 1.44. The molecule has 5 nitrogen and oxygen atoms in total. The summed E-state index contributed by atoms with van der Waals surface area (Å²) in [7, 11) is 0. The van der Waals surface area contributed by atoms with Crippen LogP contribution in [0.4, 0.5) is 10.5 Å². The first-order valence-electron chi connectivity index (χ1n) is 5.60.